The maximum Gasteiger partial charge on any atom is 0.338 e. The lowest BCUT2D eigenvalue weighted by Gasteiger charge is -2.34. The van der Waals surface area contributed by atoms with Gasteiger partial charge in [-0.1, -0.05) is 47.6 Å². The molecular formula is C19H20N6O2. The van der Waals surface area contributed by atoms with Crippen LogP contribution in [0.3, 0.4) is 0 Å². The van der Waals surface area contributed by atoms with Gasteiger partial charge in [0.25, 0.3) is 5.95 Å². The summed E-state index contributed by atoms with van der Waals surface area (Å²) >= 11 is 0. The molecule has 1 aromatic heterocycles. The molecule has 1 atom stereocenters. The highest BCUT2D eigenvalue weighted by Crippen LogP contribution is 2.40. The predicted octanol–water partition coefficient (Wildman–Crippen LogP) is 1.99. The fourth-order valence-corrected chi connectivity index (χ4v) is 3.61. The quantitative estimate of drug-likeness (QED) is 0.707. The molecule has 0 saturated heterocycles. The maximum atomic E-state index is 12.9. The molecule has 0 spiro atoms. The summed E-state index contributed by atoms with van der Waals surface area (Å²) in [7, 11) is 0. The Morgan fingerprint density at radius 1 is 1.22 bits per heavy atom. The van der Waals surface area contributed by atoms with E-state index in [9.17, 15) is 4.79 Å². The van der Waals surface area contributed by atoms with Crippen molar-refractivity contribution in [3.63, 3.8) is 0 Å². The monoisotopic (exact) mass is 364 g/mol. The number of nitrogens with two attached hydrogens (primary N) is 1. The molecule has 0 saturated carbocycles. The Hall–Kier alpha value is -3.26. The van der Waals surface area contributed by atoms with Gasteiger partial charge in [0.2, 0.25) is 0 Å². The van der Waals surface area contributed by atoms with Gasteiger partial charge in [-0.2, -0.15) is 4.68 Å². The Bertz CT molecular complexity index is 1040. The summed E-state index contributed by atoms with van der Waals surface area (Å²) in [5.41, 5.74) is 8.02. The highest BCUT2D eigenvalue weighted by atomic mass is 16.5. The normalized spacial score (nSPS) is 16.6. The topological polar surface area (TPSA) is 99.2 Å². The molecule has 1 aliphatic rings. The third kappa shape index (κ3) is 2.65. The van der Waals surface area contributed by atoms with E-state index in [-0.39, 0.29) is 13.3 Å². The number of allylic oxidation sites excluding steroid dienone is 1. The number of fused-ring (bicyclic) bond motifs is 2. The van der Waals surface area contributed by atoms with Crippen LogP contribution in [0.2, 0.25) is 0 Å². The van der Waals surface area contributed by atoms with Crippen molar-refractivity contribution in [1.82, 2.24) is 20.2 Å². The van der Waals surface area contributed by atoms with Crippen LogP contribution < -0.4 is 10.6 Å². The molecule has 2 aromatic carbocycles. The average molecular weight is 364 g/mol. The summed E-state index contributed by atoms with van der Waals surface area (Å²) in [6.45, 7) is 4.06. The van der Waals surface area contributed by atoms with Gasteiger partial charge < -0.3 is 10.5 Å². The van der Waals surface area contributed by atoms with Crippen LogP contribution in [-0.2, 0) is 9.53 Å². The summed E-state index contributed by atoms with van der Waals surface area (Å²) in [6, 6.07) is 13.5. The van der Waals surface area contributed by atoms with E-state index in [0.717, 1.165) is 16.3 Å². The van der Waals surface area contributed by atoms with Crippen LogP contribution in [0.25, 0.3) is 10.8 Å². The van der Waals surface area contributed by atoms with Crippen LogP contribution in [0.4, 0.5) is 5.95 Å². The first kappa shape index (κ1) is 17.2. The second-order valence-electron chi connectivity index (χ2n) is 6.22. The number of ether oxygens (including phenoxy) is 1. The van der Waals surface area contributed by atoms with E-state index < -0.39 is 12.0 Å². The van der Waals surface area contributed by atoms with Crippen LogP contribution in [0.15, 0.2) is 53.7 Å². The number of hydrogen-bond acceptors (Lipinski definition) is 7. The van der Waals surface area contributed by atoms with Gasteiger partial charge in [-0.25, -0.2) is 4.79 Å². The van der Waals surface area contributed by atoms with Gasteiger partial charge in [0.05, 0.1) is 18.8 Å². The zero-order chi connectivity index (χ0) is 19.0. The van der Waals surface area contributed by atoms with Gasteiger partial charge in [-0.3, -0.25) is 4.90 Å². The molecular weight excluding hydrogens is 344 g/mol. The molecule has 2 N–H and O–H groups in total. The standard InChI is InChI=1S/C19H20N6O2/c1-3-27-18(26)16-12(2)24(11-20)19-21-22-23-25(19)17(16)15-10-6-8-13-7-4-5-9-14(13)15/h4-10,17H,3,11,20H2,1-2H3. The number of carbonyl (C=O) groups excluding carboxylic acids is 1. The van der Waals surface area contributed by atoms with E-state index >= 15 is 0 Å². The first-order chi connectivity index (χ1) is 13.2. The molecule has 0 amide bonds. The number of aromatic nitrogens is 4. The lowest BCUT2D eigenvalue weighted by molar-refractivity contribution is -0.139. The molecule has 27 heavy (non-hydrogen) atoms. The SMILES string of the molecule is CCOC(=O)C1=C(C)N(CN)c2nnnn2C1c1cccc2ccccc12. The number of hydrogen-bond donors (Lipinski definition) is 1. The molecule has 8 heteroatoms. The van der Waals surface area contributed by atoms with Crippen molar-refractivity contribution < 1.29 is 9.53 Å². The maximum absolute atomic E-state index is 12.9. The smallest absolute Gasteiger partial charge is 0.338 e. The summed E-state index contributed by atoms with van der Waals surface area (Å²) in [5.74, 6) is 0.105. The summed E-state index contributed by atoms with van der Waals surface area (Å²) in [4.78, 5) is 14.6. The van der Waals surface area contributed by atoms with Gasteiger partial charge in [-0.05, 0) is 40.6 Å². The fraction of sp³-hybridized carbons (Fsp3) is 0.263. The molecule has 1 unspecified atom stereocenters. The molecule has 4 rings (SSSR count). The van der Waals surface area contributed by atoms with E-state index in [1.807, 2.05) is 49.4 Å². The molecule has 3 aromatic rings. The van der Waals surface area contributed by atoms with E-state index in [1.54, 1.807) is 16.5 Å². The number of rotatable bonds is 4. The Labute approximate surface area is 156 Å². The van der Waals surface area contributed by atoms with E-state index in [0.29, 0.717) is 17.2 Å². The largest absolute Gasteiger partial charge is 0.463 e. The van der Waals surface area contributed by atoms with Crippen LogP contribution in [0.5, 0.6) is 0 Å². The van der Waals surface area contributed by atoms with Gasteiger partial charge in [0.15, 0.2) is 0 Å². The minimum atomic E-state index is -0.497. The van der Waals surface area contributed by atoms with E-state index in [2.05, 4.69) is 15.5 Å². The highest BCUT2D eigenvalue weighted by molar-refractivity contribution is 5.95. The van der Waals surface area contributed by atoms with Gasteiger partial charge in [0.1, 0.15) is 6.04 Å². The molecule has 0 bridgehead atoms. The van der Waals surface area contributed by atoms with Crippen LogP contribution in [0.1, 0.15) is 25.5 Å². The predicted molar refractivity (Wildman–Crippen MR) is 101 cm³/mol. The van der Waals surface area contributed by atoms with Crippen molar-refractivity contribution in [2.24, 2.45) is 5.73 Å². The van der Waals surface area contributed by atoms with Crippen LogP contribution >= 0.6 is 0 Å². The van der Waals surface area contributed by atoms with Crippen molar-refractivity contribution in [3.05, 3.63) is 59.3 Å². The lowest BCUT2D eigenvalue weighted by Crippen LogP contribution is -2.39. The zero-order valence-corrected chi connectivity index (χ0v) is 15.2. The minimum absolute atomic E-state index is 0.150. The number of tetrazole rings is 1. The van der Waals surface area contributed by atoms with Crippen LogP contribution in [-0.4, -0.2) is 39.5 Å². The summed E-state index contributed by atoms with van der Waals surface area (Å²) in [6.07, 6.45) is 0. The number of nitrogens with zero attached hydrogens (tertiary/aromatic N) is 5. The molecule has 0 aliphatic carbocycles. The Kier molecular flexibility index (Phi) is 4.33. The Balaban J connectivity index is 2.00. The Morgan fingerprint density at radius 2 is 2.00 bits per heavy atom. The van der Waals surface area contributed by atoms with Crippen molar-refractivity contribution >= 4 is 22.7 Å². The van der Waals surface area contributed by atoms with E-state index in [4.69, 9.17) is 10.5 Å². The number of anilines is 1. The molecule has 1 aliphatic heterocycles. The first-order valence-corrected chi connectivity index (χ1v) is 8.78. The second kappa shape index (κ2) is 6.81. The third-order valence-corrected chi connectivity index (χ3v) is 4.83. The number of benzene rings is 2. The van der Waals surface area contributed by atoms with Crippen molar-refractivity contribution in [2.45, 2.75) is 19.9 Å². The van der Waals surface area contributed by atoms with Gasteiger partial charge in [0, 0.05) is 5.70 Å². The Morgan fingerprint density at radius 3 is 2.78 bits per heavy atom. The molecule has 8 nitrogen and oxygen atoms in total. The van der Waals surface area contributed by atoms with Gasteiger partial charge in [-0.15, -0.1) is 0 Å². The molecule has 138 valence electrons. The highest BCUT2D eigenvalue weighted by Gasteiger charge is 2.38. The molecule has 0 fully saturated rings. The molecule has 0 radical (unpaired) electrons. The zero-order valence-electron chi connectivity index (χ0n) is 15.2. The first-order valence-electron chi connectivity index (χ1n) is 8.78. The van der Waals surface area contributed by atoms with Gasteiger partial charge >= 0.3 is 5.97 Å². The van der Waals surface area contributed by atoms with E-state index in [1.165, 1.54) is 0 Å². The second-order valence-corrected chi connectivity index (χ2v) is 6.22. The fourth-order valence-electron chi connectivity index (χ4n) is 3.61. The minimum Gasteiger partial charge on any atom is -0.463 e. The summed E-state index contributed by atoms with van der Waals surface area (Å²) < 4.78 is 6.99. The third-order valence-electron chi connectivity index (χ3n) is 4.83. The summed E-state index contributed by atoms with van der Waals surface area (Å²) in [5, 5.41) is 14.2. The van der Waals surface area contributed by atoms with Crippen LogP contribution in [0, 0.1) is 0 Å². The van der Waals surface area contributed by atoms with Crippen molar-refractivity contribution in [1.29, 1.82) is 0 Å². The number of carbonyl (C=O) groups is 1. The molecule has 2 heterocycles. The number of esters is 1. The lowest BCUT2D eigenvalue weighted by atomic mass is 9.91. The van der Waals surface area contributed by atoms with Crippen molar-refractivity contribution in [2.75, 3.05) is 18.2 Å². The van der Waals surface area contributed by atoms with Crippen molar-refractivity contribution in [3.8, 4) is 0 Å². The average Bonchev–Trinajstić information content (AvgIpc) is 3.16.